The number of amides is 1. The van der Waals surface area contributed by atoms with Gasteiger partial charge >= 0.3 is 0 Å². The lowest BCUT2D eigenvalue weighted by atomic mass is 10.1. The van der Waals surface area contributed by atoms with E-state index in [9.17, 15) is 9.59 Å². The minimum absolute atomic E-state index is 0.115. The number of aromatic nitrogens is 2. The number of halogens is 1. The van der Waals surface area contributed by atoms with Crippen LogP contribution in [-0.2, 0) is 24.2 Å². The molecule has 1 heterocycles. The van der Waals surface area contributed by atoms with E-state index in [0.717, 1.165) is 48.9 Å². The lowest BCUT2D eigenvalue weighted by Crippen LogP contribution is -2.30. The second-order valence-corrected chi connectivity index (χ2v) is 6.61. The first-order valence-corrected chi connectivity index (χ1v) is 8.56. The van der Waals surface area contributed by atoms with Gasteiger partial charge in [-0.3, -0.25) is 9.59 Å². The van der Waals surface area contributed by atoms with E-state index in [2.05, 4.69) is 10.4 Å². The van der Waals surface area contributed by atoms with Crippen molar-refractivity contribution in [3.63, 3.8) is 0 Å². The summed E-state index contributed by atoms with van der Waals surface area (Å²) in [7, 11) is 0. The topological polar surface area (TPSA) is 64.0 Å². The molecule has 2 aromatic rings. The Morgan fingerprint density at radius 3 is 2.83 bits per heavy atom. The molecule has 0 aliphatic heterocycles. The molecule has 6 heteroatoms. The smallest absolute Gasteiger partial charge is 0.267 e. The maximum absolute atomic E-state index is 12.2. The summed E-state index contributed by atoms with van der Waals surface area (Å²) in [5.74, 6) is -0.316. The minimum atomic E-state index is -0.316. The van der Waals surface area contributed by atoms with Crippen molar-refractivity contribution in [1.29, 1.82) is 0 Å². The number of carbonyl (C=O) groups excluding carboxylic acids is 1. The molecule has 24 heavy (non-hydrogen) atoms. The third-order valence-electron chi connectivity index (χ3n) is 4.22. The summed E-state index contributed by atoms with van der Waals surface area (Å²) in [5.41, 5.74) is 3.28. The Balaban J connectivity index is 1.77. The highest BCUT2D eigenvalue weighted by Crippen LogP contribution is 2.22. The molecule has 1 aromatic carbocycles. The third-order valence-corrected chi connectivity index (χ3v) is 4.53. The van der Waals surface area contributed by atoms with E-state index in [1.165, 1.54) is 4.68 Å². The Labute approximate surface area is 145 Å². The highest BCUT2D eigenvalue weighted by Gasteiger charge is 2.14. The first-order valence-electron chi connectivity index (χ1n) is 8.19. The Bertz CT molecular complexity index is 829. The fourth-order valence-electron chi connectivity index (χ4n) is 2.94. The first kappa shape index (κ1) is 16.7. The van der Waals surface area contributed by atoms with Gasteiger partial charge in [-0.05, 0) is 55.9 Å². The number of aryl methyl sites for hydroxylation is 3. The Morgan fingerprint density at radius 2 is 2.04 bits per heavy atom. The molecule has 0 fully saturated rings. The number of nitrogens with one attached hydrogen (secondary N) is 1. The maximum Gasteiger partial charge on any atom is 0.267 e. The summed E-state index contributed by atoms with van der Waals surface area (Å²) in [6.45, 7) is 1.81. The van der Waals surface area contributed by atoms with Crippen molar-refractivity contribution in [3.05, 3.63) is 56.5 Å². The zero-order chi connectivity index (χ0) is 17.1. The minimum Gasteiger partial charge on any atom is -0.323 e. The van der Waals surface area contributed by atoms with E-state index >= 15 is 0 Å². The van der Waals surface area contributed by atoms with Crippen molar-refractivity contribution < 1.29 is 4.79 Å². The lowest BCUT2D eigenvalue weighted by molar-refractivity contribution is -0.117. The monoisotopic (exact) mass is 345 g/mol. The summed E-state index contributed by atoms with van der Waals surface area (Å²) in [6.07, 6.45) is 5.06. The van der Waals surface area contributed by atoms with Gasteiger partial charge in [0.1, 0.15) is 6.54 Å². The molecule has 1 aliphatic rings. The van der Waals surface area contributed by atoms with Crippen molar-refractivity contribution in [2.75, 3.05) is 5.32 Å². The molecule has 1 aromatic heterocycles. The number of benzene rings is 1. The number of carbonyl (C=O) groups is 1. The Morgan fingerprint density at radius 1 is 1.25 bits per heavy atom. The number of rotatable bonds is 3. The van der Waals surface area contributed by atoms with Crippen LogP contribution in [0, 0.1) is 6.92 Å². The normalized spacial score (nSPS) is 13.9. The molecular weight excluding hydrogens is 326 g/mol. The van der Waals surface area contributed by atoms with Gasteiger partial charge in [-0.25, -0.2) is 4.68 Å². The zero-order valence-corrected chi connectivity index (χ0v) is 14.4. The van der Waals surface area contributed by atoms with Crippen LogP contribution < -0.4 is 10.9 Å². The standard InChI is InChI=1S/C18H20ClN3O2/c1-12-7-8-16(14(19)9-12)20-17(23)11-22-18(24)10-13-5-3-2-4-6-15(13)21-22/h7-10H,2-6,11H2,1H3,(H,20,23). The van der Waals surface area contributed by atoms with E-state index in [4.69, 9.17) is 11.6 Å². The lowest BCUT2D eigenvalue weighted by Gasteiger charge is -2.11. The van der Waals surface area contributed by atoms with Crippen molar-refractivity contribution in [1.82, 2.24) is 9.78 Å². The van der Waals surface area contributed by atoms with Gasteiger partial charge in [0.2, 0.25) is 5.91 Å². The average molecular weight is 346 g/mol. The molecule has 126 valence electrons. The molecule has 1 amide bonds. The molecule has 0 radical (unpaired) electrons. The highest BCUT2D eigenvalue weighted by molar-refractivity contribution is 6.33. The second kappa shape index (κ2) is 7.18. The van der Waals surface area contributed by atoms with E-state index in [1.54, 1.807) is 18.2 Å². The van der Waals surface area contributed by atoms with Crippen molar-refractivity contribution in [3.8, 4) is 0 Å². The number of fused-ring (bicyclic) bond motifs is 1. The first-order chi connectivity index (χ1) is 11.5. The van der Waals surface area contributed by atoms with Gasteiger partial charge in [-0.1, -0.05) is 24.1 Å². The van der Waals surface area contributed by atoms with Gasteiger partial charge in [-0.2, -0.15) is 5.10 Å². The van der Waals surface area contributed by atoms with E-state index < -0.39 is 0 Å². The number of hydrogen-bond donors (Lipinski definition) is 1. The van der Waals surface area contributed by atoms with Crippen LogP contribution >= 0.6 is 11.6 Å². The molecule has 0 bridgehead atoms. The molecule has 3 rings (SSSR count). The molecule has 0 saturated carbocycles. The van der Waals surface area contributed by atoms with Crippen LogP contribution in [0.15, 0.2) is 29.1 Å². The number of hydrogen-bond acceptors (Lipinski definition) is 3. The van der Waals surface area contributed by atoms with Crippen LogP contribution in [0.1, 0.15) is 36.1 Å². The SMILES string of the molecule is Cc1ccc(NC(=O)Cn2nc3c(cc2=O)CCCCC3)c(Cl)c1. The second-order valence-electron chi connectivity index (χ2n) is 6.20. The molecular formula is C18H20ClN3O2. The zero-order valence-electron chi connectivity index (χ0n) is 13.6. The van der Waals surface area contributed by atoms with Gasteiger partial charge in [0.25, 0.3) is 5.56 Å². The third kappa shape index (κ3) is 3.85. The summed E-state index contributed by atoms with van der Waals surface area (Å²) >= 11 is 6.12. The highest BCUT2D eigenvalue weighted by atomic mass is 35.5. The summed E-state index contributed by atoms with van der Waals surface area (Å²) in [6, 6.07) is 7.03. The quantitative estimate of drug-likeness (QED) is 0.869. The van der Waals surface area contributed by atoms with Crippen LogP contribution in [0.4, 0.5) is 5.69 Å². The molecule has 0 atom stereocenters. The Hall–Kier alpha value is -2.14. The maximum atomic E-state index is 12.2. The molecule has 0 saturated heterocycles. The fourth-order valence-corrected chi connectivity index (χ4v) is 3.22. The summed E-state index contributed by atoms with van der Waals surface area (Å²) in [5, 5.41) is 7.61. The fraction of sp³-hybridized carbons (Fsp3) is 0.389. The molecule has 0 spiro atoms. The van der Waals surface area contributed by atoms with Crippen LogP contribution in [0.2, 0.25) is 5.02 Å². The van der Waals surface area contributed by atoms with Crippen molar-refractivity contribution in [2.24, 2.45) is 0 Å². The van der Waals surface area contributed by atoms with Crippen molar-refractivity contribution >= 4 is 23.2 Å². The van der Waals surface area contributed by atoms with E-state index in [1.807, 2.05) is 13.0 Å². The van der Waals surface area contributed by atoms with E-state index in [0.29, 0.717) is 10.7 Å². The molecule has 5 nitrogen and oxygen atoms in total. The average Bonchev–Trinajstić information content (AvgIpc) is 2.75. The van der Waals surface area contributed by atoms with Gasteiger partial charge in [-0.15, -0.1) is 0 Å². The number of anilines is 1. The van der Waals surface area contributed by atoms with Crippen LogP contribution in [-0.4, -0.2) is 15.7 Å². The van der Waals surface area contributed by atoms with Crippen LogP contribution in [0.3, 0.4) is 0 Å². The number of nitrogens with zero attached hydrogens (tertiary/aromatic N) is 2. The van der Waals surface area contributed by atoms with Crippen molar-refractivity contribution in [2.45, 2.75) is 45.6 Å². The van der Waals surface area contributed by atoms with Gasteiger partial charge in [0.15, 0.2) is 0 Å². The summed E-state index contributed by atoms with van der Waals surface area (Å²) < 4.78 is 1.24. The van der Waals surface area contributed by atoms with Crippen LogP contribution in [0.5, 0.6) is 0 Å². The predicted molar refractivity (Wildman–Crippen MR) is 94.6 cm³/mol. The van der Waals surface area contributed by atoms with Gasteiger partial charge in [0, 0.05) is 6.07 Å². The van der Waals surface area contributed by atoms with E-state index in [-0.39, 0.29) is 18.0 Å². The largest absolute Gasteiger partial charge is 0.323 e. The van der Waals surface area contributed by atoms with Gasteiger partial charge < -0.3 is 5.32 Å². The van der Waals surface area contributed by atoms with Gasteiger partial charge in [0.05, 0.1) is 16.4 Å². The summed E-state index contributed by atoms with van der Waals surface area (Å²) in [4.78, 5) is 24.4. The molecule has 1 aliphatic carbocycles. The Kier molecular flexibility index (Phi) is 5.00. The molecule has 1 N–H and O–H groups in total. The molecule has 0 unspecified atom stereocenters. The predicted octanol–water partition coefficient (Wildman–Crippen LogP) is 3.11. The van der Waals surface area contributed by atoms with Crippen LogP contribution in [0.25, 0.3) is 0 Å².